The van der Waals surface area contributed by atoms with E-state index in [9.17, 15) is 4.21 Å². The van der Waals surface area contributed by atoms with Crippen molar-refractivity contribution in [2.75, 3.05) is 18.6 Å². The third kappa shape index (κ3) is 5.06. The second-order valence-corrected chi connectivity index (χ2v) is 5.17. The summed E-state index contributed by atoms with van der Waals surface area (Å²) >= 11 is 0. The highest BCUT2D eigenvalue weighted by Gasteiger charge is 1.94. The molecule has 0 amide bonds. The molecule has 0 saturated carbocycles. The largest absolute Gasteiger partial charge is 0.313 e. The topological polar surface area (TPSA) is 52.9 Å². The molecule has 0 aromatic heterocycles. The van der Waals surface area contributed by atoms with E-state index in [0.717, 1.165) is 30.8 Å². The number of nitrogens with zero attached hydrogens (tertiary/aromatic N) is 1. The van der Waals surface area contributed by atoms with Crippen LogP contribution in [0.25, 0.3) is 0 Å². The number of benzene rings is 1. The maximum atomic E-state index is 10.8. The monoisotopic (exact) mass is 236 g/mol. The molecule has 0 aliphatic rings. The van der Waals surface area contributed by atoms with Gasteiger partial charge in [-0.05, 0) is 30.7 Å². The number of rotatable bonds is 6. The Kier molecular flexibility index (Phi) is 5.76. The molecule has 0 aliphatic heterocycles. The SMILES string of the molecule is CS(=O)CCCNCc1ccc(C#N)cc1. The van der Waals surface area contributed by atoms with Gasteiger partial charge in [0.1, 0.15) is 0 Å². The Morgan fingerprint density at radius 3 is 2.62 bits per heavy atom. The molecule has 0 spiro atoms. The van der Waals surface area contributed by atoms with E-state index in [1.165, 1.54) is 0 Å². The summed E-state index contributed by atoms with van der Waals surface area (Å²) in [7, 11) is -0.694. The minimum atomic E-state index is -0.694. The fraction of sp³-hybridized carbons (Fsp3) is 0.417. The Labute approximate surface area is 98.9 Å². The predicted octanol–water partition coefficient (Wildman–Crippen LogP) is 1.42. The lowest BCUT2D eigenvalue weighted by Gasteiger charge is -2.04. The Balaban J connectivity index is 2.22. The van der Waals surface area contributed by atoms with Crippen molar-refractivity contribution in [3.8, 4) is 6.07 Å². The molecular weight excluding hydrogens is 220 g/mol. The van der Waals surface area contributed by atoms with E-state index in [2.05, 4.69) is 11.4 Å². The van der Waals surface area contributed by atoms with E-state index in [0.29, 0.717) is 5.56 Å². The number of nitriles is 1. The van der Waals surface area contributed by atoms with Crippen molar-refractivity contribution in [2.24, 2.45) is 0 Å². The number of hydrogen-bond donors (Lipinski definition) is 1. The van der Waals surface area contributed by atoms with Gasteiger partial charge in [0.15, 0.2) is 0 Å². The summed E-state index contributed by atoms with van der Waals surface area (Å²) in [6, 6.07) is 9.62. The quantitative estimate of drug-likeness (QED) is 0.760. The average Bonchev–Trinajstić information content (AvgIpc) is 2.29. The first-order chi connectivity index (χ1) is 7.72. The van der Waals surface area contributed by atoms with Gasteiger partial charge in [-0.25, -0.2) is 0 Å². The van der Waals surface area contributed by atoms with E-state index < -0.39 is 10.8 Å². The van der Waals surface area contributed by atoms with E-state index >= 15 is 0 Å². The fourth-order valence-corrected chi connectivity index (χ4v) is 1.88. The Bertz CT molecular complexity index is 381. The van der Waals surface area contributed by atoms with Crippen LogP contribution in [0.15, 0.2) is 24.3 Å². The maximum Gasteiger partial charge on any atom is 0.0991 e. The molecule has 1 N–H and O–H groups in total. The van der Waals surface area contributed by atoms with Crippen molar-refractivity contribution in [1.29, 1.82) is 5.26 Å². The summed E-state index contributed by atoms with van der Waals surface area (Å²) in [5, 5.41) is 11.9. The van der Waals surface area contributed by atoms with Crippen LogP contribution in [0.2, 0.25) is 0 Å². The standard InChI is InChI=1S/C12H16N2OS/c1-16(15)8-2-7-14-10-12-5-3-11(9-13)4-6-12/h3-6,14H,2,7-8,10H2,1H3. The van der Waals surface area contributed by atoms with Crippen LogP contribution in [0.1, 0.15) is 17.5 Å². The summed E-state index contributed by atoms with van der Waals surface area (Å²) < 4.78 is 10.8. The van der Waals surface area contributed by atoms with Crippen LogP contribution in [0.5, 0.6) is 0 Å². The Hall–Kier alpha value is -1.18. The van der Waals surface area contributed by atoms with Crippen molar-refractivity contribution < 1.29 is 4.21 Å². The summed E-state index contributed by atoms with van der Waals surface area (Å²) in [5.41, 5.74) is 1.85. The summed E-state index contributed by atoms with van der Waals surface area (Å²) in [6.07, 6.45) is 2.65. The lowest BCUT2D eigenvalue weighted by atomic mass is 10.1. The van der Waals surface area contributed by atoms with Gasteiger partial charge in [0, 0.05) is 29.4 Å². The van der Waals surface area contributed by atoms with Gasteiger partial charge in [0.05, 0.1) is 11.6 Å². The van der Waals surface area contributed by atoms with Crippen LogP contribution in [0.3, 0.4) is 0 Å². The smallest absolute Gasteiger partial charge is 0.0991 e. The normalized spacial score (nSPS) is 12.0. The Morgan fingerprint density at radius 2 is 2.06 bits per heavy atom. The van der Waals surface area contributed by atoms with Gasteiger partial charge in [-0.1, -0.05) is 12.1 Å². The van der Waals surface area contributed by atoms with Crippen molar-refractivity contribution in [2.45, 2.75) is 13.0 Å². The molecule has 1 aromatic rings. The molecular formula is C12H16N2OS. The minimum absolute atomic E-state index is 0.685. The van der Waals surface area contributed by atoms with Gasteiger partial charge in [-0.3, -0.25) is 4.21 Å². The molecule has 0 fully saturated rings. The zero-order chi connectivity index (χ0) is 11.8. The molecule has 0 saturated heterocycles. The highest BCUT2D eigenvalue weighted by Crippen LogP contribution is 2.02. The van der Waals surface area contributed by atoms with Gasteiger partial charge in [0.25, 0.3) is 0 Å². The zero-order valence-electron chi connectivity index (χ0n) is 9.40. The van der Waals surface area contributed by atoms with Crippen LogP contribution in [-0.2, 0) is 17.3 Å². The molecule has 1 atom stereocenters. The average molecular weight is 236 g/mol. The zero-order valence-corrected chi connectivity index (χ0v) is 10.2. The molecule has 1 rings (SSSR count). The highest BCUT2D eigenvalue weighted by atomic mass is 32.2. The highest BCUT2D eigenvalue weighted by molar-refractivity contribution is 7.84. The van der Waals surface area contributed by atoms with E-state index in [-0.39, 0.29) is 0 Å². The predicted molar refractivity (Wildman–Crippen MR) is 66.4 cm³/mol. The van der Waals surface area contributed by atoms with Crippen LogP contribution in [0.4, 0.5) is 0 Å². The second-order valence-electron chi connectivity index (χ2n) is 3.62. The first-order valence-electron chi connectivity index (χ1n) is 5.22. The molecule has 86 valence electrons. The molecule has 4 heteroatoms. The van der Waals surface area contributed by atoms with Crippen LogP contribution < -0.4 is 5.32 Å². The third-order valence-electron chi connectivity index (χ3n) is 2.20. The third-order valence-corrected chi connectivity index (χ3v) is 3.06. The van der Waals surface area contributed by atoms with Crippen molar-refractivity contribution in [1.82, 2.24) is 5.32 Å². The van der Waals surface area contributed by atoms with E-state index in [1.807, 2.05) is 24.3 Å². The van der Waals surface area contributed by atoms with Crippen LogP contribution in [0, 0.1) is 11.3 Å². The summed E-state index contributed by atoms with van der Waals surface area (Å²) in [5.74, 6) is 0.750. The second kappa shape index (κ2) is 7.15. The molecule has 0 heterocycles. The van der Waals surface area contributed by atoms with Gasteiger partial charge in [-0.15, -0.1) is 0 Å². The summed E-state index contributed by atoms with van der Waals surface area (Å²) in [6.45, 7) is 1.67. The lowest BCUT2D eigenvalue weighted by Crippen LogP contribution is -2.16. The Morgan fingerprint density at radius 1 is 1.38 bits per heavy atom. The van der Waals surface area contributed by atoms with Crippen molar-refractivity contribution in [3.63, 3.8) is 0 Å². The minimum Gasteiger partial charge on any atom is -0.313 e. The first-order valence-corrected chi connectivity index (χ1v) is 6.95. The van der Waals surface area contributed by atoms with Crippen LogP contribution >= 0.6 is 0 Å². The molecule has 3 nitrogen and oxygen atoms in total. The van der Waals surface area contributed by atoms with Crippen molar-refractivity contribution >= 4 is 10.8 Å². The van der Waals surface area contributed by atoms with E-state index in [4.69, 9.17) is 5.26 Å². The van der Waals surface area contributed by atoms with E-state index in [1.54, 1.807) is 6.26 Å². The number of nitrogens with one attached hydrogen (secondary N) is 1. The molecule has 1 aromatic carbocycles. The van der Waals surface area contributed by atoms with Crippen LogP contribution in [-0.4, -0.2) is 22.8 Å². The number of hydrogen-bond acceptors (Lipinski definition) is 3. The van der Waals surface area contributed by atoms with Gasteiger partial charge in [-0.2, -0.15) is 5.26 Å². The van der Waals surface area contributed by atoms with Gasteiger partial charge < -0.3 is 5.32 Å². The molecule has 0 bridgehead atoms. The molecule has 1 unspecified atom stereocenters. The first kappa shape index (κ1) is 12.9. The summed E-state index contributed by atoms with van der Waals surface area (Å²) in [4.78, 5) is 0. The van der Waals surface area contributed by atoms with Gasteiger partial charge >= 0.3 is 0 Å². The fourth-order valence-electron chi connectivity index (χ4n) is 1.33. The molecule has 0 aliphatic carbocycles. The van der Waals surface area contributed by atoms with Crippen molar-refractivity contribution in [3.05, 3.63) is 35.4 Å². The molecule has 0 radical (unpaired) electrons. The molecule has 16 heavy (non-hydrogen) atoms. The lowest BCUT2D eigenvalue weighted by molar-refractivity contribution is 0.662. The maximum absolute atomic E-state index is 10.8. The van der Waals surface area contributed by atoms with Gasteiger partial charge in [0.2, 0.25) is 0 Å².